The van der Waals surface area contributed by atoms with Gasteiger partial charge in [-0.3, -0.25) is 0 Å². The van der Waals surface area contributed by atoms with Crippen LogP contribution in [0.3, 0.4) is 0 Å². The Labute approximate surface area is 97.7 Å². The summed E-state index contributed by atoms with van der Waals surface area (Å²) >= 11 is 0. The second-order valence-corrected chi connectivity index (χ2v) is 4.51. The molecule has 4 heteroatoms. The third-order valence-corrected chi connectivity index (χ3v) is 3.18. The maximum atomic E-state index is 5.31. The Balaban J connectivity index is 1.80. The van der Waals surface area contributed by atoms with Crippen molar-refractivity contribution in [2.75, 3.05) is 0 Å². The van der Waals surface area contributed by atoms with Crippen molar-refractivity contribution in [1.82, 2.24) is 15.1 Å². The molecule has 0 radical (unpaired) electrons. The van der Waals surface area contributed by atoms with E-state index in [1.807, 2.05) is 24.4 Å². The first-order valence-corrected chi connectivity index (χ1v) is 5.81. The zero-order valence-electron chi connectivity index (χ0n) is 9.18. The lowest BCUT2D eigenvalue weighted by Gasteiger charge is -1.94. The summed E-state index contributed by atoms with van der Waals surface area (Å²) in [5, 5.41) is 5.19. The van der Waals surface area contributed by atoms with Gasteiger partial charge in [0.1, 0.15) is 0 Å². The molecule has 1 aliphatic carbocycles. The van der Waals surface area contributed by atoms with E-state index in [4.69, 9.17) is 4.52 Å². The van der Waals surface area contributed by atoms with Gasteiger partial charge in [0.25, 0.3) is 5.89 Å². The highest BCUT2D eigenvalue weighted by Gasteiger charge is 2.28. The minimum Gasteiger partial charge on any atom is -0.361 e. The lowest BCUT2D eigenvalue weighted by molar-refractivity contribution is 0.423. The molecule has 2 aromatic heterocycles. The third kappa shape index (κ3) is 1.45. The van der Waals surface area contributed by atoms with Crippen LogP contribution in [0, 0.1) is 0 Å². The van der Waals surface area contributed by atoms with E-state index in [-0.39, 0.29) is 0 Å². The van der Waals surface area contributed by atoms with Gasteiger partial charge in [-0.15, -0.1) is 0 Å². The first-order valence-electron chi connectivity index (χ1n) is 5.81. The predicted molar refractivity (Wildman–Crippen MR) is 63.6 cm³/mol. The first kappa shape index (κ1) is 8.98. The first-order chi connectivity index (χ1) is 8.40. The standard InChI is InChI=1S/C13H11N3O/c1-2-8(1)12-15-13(17-16-12)10-3-4-11-9(7-10)5-6-14-11/h3-8,14H,1-2H2. The van der Waals surface area contributed by atoms with E-state index >= 15 is 0 Å². The van der Waals surface area contributed by atoms with E-state index in [0.29, 0.717) is 11.8 Å². The van der Waals surface area contributed by atoms with Gasteiger partial charge in [-0.2, -0.15) is 4.98 Å². The van der Waals surface area contributed by atoms with Gasteiger partial charge >= 0.3 is 0 Å². The summed E-state index contributed by atoms with van der Waals surface area (Å²) in [4.78, 5) is 7.61. The number of nitrogens with zero attached hydrogens (tertiary/aromatic N) is 2. The zero-order valence-corrected chi connectivity index (χ0v) is 9.18. The summed E-state index contributed by atoms with van der Waals surface area (Å²) < 4.78 is 5.31. The van der Waals surface area contributed by atoms with Crippen molar-refractivity contribution in [3.05, 3.63) is 36.3 Å². The summed E-state index contributed by atoms with van der Waals surface area (Å²) in [7, 11) is 0. The van der Waals surface area contributed by atoms with E-state index in [9.17, 15) is 0 Å². The number of rotatable bonds is 2. The highest BCUT2D eigenvalue weighted by atomic mass is 16.5. The average molecular weight is 225 g/mol. The Hall–Kier alpha value is -2.10. The molecule has 0 bridgehead atoms. The minimum atomic E-state index is 0.531. The van der Waals surface area contributed by atoms with Crippen LogP contribution in [0.2, 0.25) is 0 Å². The maximum absolute atomic E-state index is 5.31. The van der Waals surface area contributed by atoms with Crippen LogP contribution in [0.15, 0.2) is 35.0 Å². The number of hydrogen-bond acceptors (Lipinski definition) is 3. The number of nitrogens with one attached hydrogen (secondary N) is 1. The van der Waals surface area contributed by atoms with Crippen LogP contribution in [0.5, 0.6) is 0 Å². The smallest absolute Gasteiger partial charge is 0.257 e. The number of aromatic nitrogens is 3. The van der Waals surface area contributed by atoms with E-state index in [0.717, 1.165) is 22.3 Å². The third-order valence-electron chi connectivity index (χ3n) is 3.18. The van der Waals surface area contributed by atoms with Crippen LogP contribution in [0.4, 0.5) is 0 Å². The second-order valence-electron chi connectivity index (χ2n) is 4.51. The predicted octanol–water partition coefficient (Wildman–Crippen LogP) is 3.10. The van der Waals surface area contributed by atoms with E-state index in [1.54, 1.807) is 0 Å². The molecule has 0 amide bonds. The number of fused-ring (bicyclic) bond motifs is 1. The highest BCUT2D eigenvalue weighted by Crippen LogP contribution is 2.38. The van der Waals surface area contributed by atoms with Gasteiger partial charge in [-0.25, -0.2) is 0 Å². The fourth-order valence-electron chi connectivity index (χ4n) is 2.05. The topological polar surface area (TPSA) is 54.7 Å². The summed E-state index contributed by atoms with van der Waals surface area (Å²) in [6.45, 7) is 0. The number of H-pyrrole nitrogens is 1. The molecule has 1 N–H and O–H groups in total. The highest BCUT2D eigenvalue weighted by molar-refractivity contribution is 5.83. The Morgan fingerprint density at radius 2 is 2.18 bits per heavy atom. The Morgan fingerprint density at radius 1 is 1.24 bits per heavy atom. The van der Waals surface area contributed by atoms with Crippen LogP contribution >= 0.6 is 0 Å². The Bertz CT molecular complexity index is 679. The van der Waals surface area contributed by atoms with Gasteiger partial charge in [0.15, 0.2) is 5.82 Å². The summed E-state index contributed by atoms with van der Waals surface area (Å²) in [6.07, 6.45) is 4.31. The van der Waals surface area contributed by atoms with Crippen LogP contribution in [-0.4, -0.2) is 15.1 Å². The fourth-order valence-corrected chi connectivity index (χ4v) is 2.05. The van der Waals surface area contributed by atoms with Gasteiger partial charge in [0.2, 0.25) is 0 Å². The van der Waals surface area contributed by atoms with Crippen molar-refractivity contribution in [2.45, 2.75) is 18.8 Å². The quantitative estimate of drug-likeness (QED) is 0.729. The average Bonchev–Trinajstić information content (AvgIpc) is 2.93. The molecule has 3 aromatic rings. The molecule has 4 nitrogen and oxygen atoms in total. The van der Waals surface area contributed by atoms with Gasteiger partial charge in [-0.05, 0) is 37.1 Å². The monoisotopic (exact) mass is 225 g/mol. The number of benzene rings is 1. The van der Waals surface area contributed by atoms with Crippen LogP contribution < -0.4 is 0 Å². The largest absolute Gasteiger partial charge is 0.361 e. The molecule has 1 fully saturated rings. The lowest BCUT2D eigenvalue weighted by atomic mass is 10.1. The molecule has 84 valence electrons. The van der Waals surface area contributed by atoms with Crippen molar-refractivity contribution in [1.29, 1.82) is 0 Å². The molecular weight excluding hydrogens is 214 g/mol. The Kier molecular flexibility index (Phi) is 1.69. The van der Waals surface area contributed by atoms with Gasteiger partial charge in [0.05, 0.1) is 0 Å². The zero-order chi connectivity index (χ0) is 11.2. The second kappa shape index (κ2) is 3.20. The summed E-state index contributed by atoms with van der Waals surface area (Å²) in [5.74, 6) is 2.01. The lowest BCUT2D eigenvalue weighted by Crippen LogP contribution is -1.82. The number of aromatic amines is 1. The van der Waals surface area contributed by atoms with Gasteiger partial charge < -0.3 is 9.51 Å². The minimum absolute atomic E-state index is 0.531. The SMILES string of the molecule is c1cc2cc(-c3nc(C4CC4)no3)ccc2[nH]1. The van der Waals surface area contributed by atoms with Gasteiger partial charge in [-0.1, -0.05) is 5.16 Å². The molecule has 0 saturated heterocycles. The van der Waals surface area contributed by atoms with Crippen molar-refractivity contribution in [3.63, 3.8) is 0 Å². The fraction of sp³-hybridized carbons (Fsp3) is 0.231. The van der Waals surface area contributed by atoms with E-state index < -0.39 is 0 Å². The molecule has 0 atom stereocenters. The van der Waals surface area contributed by atoms with Crippen molar-refractivity contribution in [3.8, 4) is 11.5 Å². The molecule has 0 spiro atoms. The van der Waals surface area contributed by atoms with Crippen LogP contribution in [0.25, 0.3) is 22.4 Å². The van der Waals surface area contributed by atoms with Crippen molar-refractivity contribution in [2.24, 2.45) is 0 Å². The molecule has 4 rings (SSSR count). The van der Waals surface area contributed by atoms with E-state index in [2.05, 4.69) is 21.2 Å². The van der Waals surface area contributed by atoms with Crippen LogP contribution in [-0.2, 0) is 0 Å². The van der Waals surface area contributed by atoms with Crippen LogP contribution in [0.1, 0.15) is 24.6 Å². The van der Waals surface area contributed by atoms with Gasteiger partial charge in [0, 0.05) is 28.6 Å². The molecular formula is C13H11N3O. The molecule has 1 aliphatic rings. The summed E-state index contributed by atoms with van der Waals surface area (Å²) in [5.41, 5.74) is 2.10. The Morgan fingerprint density at radius 3 is 3.06 bits per heavy atom. The maximum Gasteiger partial charge on any atom is 0.257 e. The molecule has 0 unspecified atom stereocenters. The number of hydrogen-bond donors (Lipinski definition) is 1. The molecule has 17 heavy (non-hydrogen) atoms. The van der Waals surface area contributed by atoms with Crippen molar-refractivity contribution < 1.29 is 4.52 Å². The molecule has 2 heterocycles. The van der Waals surface area contributed by atoms with Crippen molar-refractivity contribution >= 4 is 10.9 Å². The van der Waals surface area contributed by atoms with E-state index in [1.165, 1.54) is 12.8 Å². The summed E-state index contributed by atoms with van der Waals surface area (Å²) in [6, 6.07) is 8.14. The normalized spacial score (nSPS) is 15.5. The molecule has 1 aromatic carbocycles. The molecule has 0 aliphatic heterocycles. The molecule has 1 saturated carbocycles.